The lowest BCUT2D eigenvalue weighted by atomic mass is 10.2. The lowest BCUT2D eigenvalue weighted by Gasteiger charge is -2.08. The molecule has 0 aliphatic rings. The molecule has 0 saturated heterocycles. The number of hydrogen-bond acceptors (Lipinski definition) is 2. The highest BCUT2D eigenvalue weighted by Crippen LogP contribution is 2.21. The van der Waals surface area contributed by atoms with Gasteiger partial charge in [0, 0.05) is 12.2 Å². The van der Waals surface area contributed by atoms with Gasteiger partial charge in [0.2, 0.25) is 0 Å². The molecule has 2 aromatic rings. The van der Waals surface area contributed by atoms with Crippen LogP contribution in [0.15, 0.2) is 40.9 Å². The van der Waals surface area contributed by atoms with Crippen molar-refractivity contribution in [2.45, 2.75) is 6.54 Å². The van der Waals surface area contributed by atoms with Crippen molar-refractivity contribution in [3.63, 3.8) is 0 Å². The molecule has 0 amide bonds. The normalized spacial score (nSPS) is 10.3. The predicted molar refractivity (Wildman–Crippen MR) is 74.4 cm³/mol. The van der Waals surface area contributed by atoms with Gasteiger partial charge in [0.1, 0.15) is 5.82 Å². The molecule has 0 bridgehead atoms. The van der Waals surface area contributed by atoms with Gasteiger partial charge in [-0.25, -0.2) is 8.78 Å². The molecule has 2 nitrogen and oxygen atoms in total. The molecule has 100 valence electrons. The minimum atomic E-state index is -0.413. The minimum Gasteiger partial charge on any atom is -0.494 e. The first-order valence-electron chi connectivity index (χ1n) is 5.61. The smallest absolute Gasteiger partial charge is 0.165 e. The Morgan fingerprint density at radius 1 is 1.11 bits per heavy atom. The van der Waals surface area contributed by atoms with Crippen LogP contribution in [0.3, 0.4) is 0 Å². The Hall–Kier alpha value is -1.62. The van der Waals surface area contributed by atoms with Gasteiger partial charge in [-0.3, -0.25) is 0 Å². The molecule has 0 unspecified atom stereocenters. The summed E-state index contributed by atoms with van der Waals surface area (Å²) in [6.07, 6.45) is 0. The quantitative estimate of drug-likeness (QED) is 0.901. The number of halogens is 3. The van der Waals surface area contributed by atoms with Gasteiger partial charge in [-0.05, 0) is 51.8 Å². The highest BCUT2D eigenvalue weighted by Gasteiger charge is 2.04. The Labute approximate surface area is 118 Å². The summed E-state index contributed by atoms with van der Waals surface area (Å²) >= 11 is 3.08. The summed E-state index contributed by atoms with van der Waals surface area (Å²) in [6, 6.07) is 9.45. The van der Waals surface area contributed by atoms with Gasteiger partial charge in [-0.2, -0.15) is 0 Å². The van der Waals surface area contributed by atoms with Gasteiger partial charge < -0.3 is 10.1 Å². The third-order valence-electron chi connectivity index (χ3n) is 2.63. The number of methoxy groups -OCH3 is 1. The Bertz CT molecular complexity index is 590. The summed E-state index contributed by atoms with van der Waals surface area (Å²) in [4.78, 5) is 0. The van der Waals surface area contributed by atoms with Gasteiger partial charge in [-0.1, -0.05) is 6.07 Å². The average Bonchev–Trinajstić information content (AvgIpc) is 2.40. The van der Waals surface area contributed by atoms with E-state index in [1.165, 1.54) is 19.2 Å². The first-order chi connectivity index (χ1) is 9.10. The third kappa shape index (κ3) is 3.44. The maximum Gasteiger partial charge on any atom is 0.165 e. The van der Waals surface area contributed by atoms with Crippen LogP contribution in [0.25, 0.3) is 0 Å². The molecule has 0 fully saturated rings. The topological polar surface area (TPSA) is 21.3 Å². The van der Waals surface area contributed by atoms with E-state index in [1.54, 1.807) is 24.3 Å². The average molecular weight is 328 g/mol. The Morgan fingerprint density at radius 3 is 2.53 bits per heavy atom. The lowest BCUT2D eigenvalue weighted by Crippen LogP contribution is -2.01. The van der Waals surface area contributed by atoms with Crippen LogP contribution < -0.4 is 10.1 Å². The van der Waals surface area contributed by atoms with Crippen LogP contribution in [0.2, 0.25) is 0 Å². The SMILES string of the molecule is COc1ccc(CNc2ccc(Br)c(F)c2)cc1F. The molecule has 0 atom stereocenters. The zero-order valence-electron chi connectivity index (χ0n) is 10.2. The van der Waals surface area contributed by atoms with Gasteiger partial charge in [0.15, 0.2) is 11.6 Å². The van der Waals surface area contributed by atoms with Crippen LogP contribution in [-0.4, -0.2) is 7.11 Å². The molecule has 2 rings (SSSR count). The van der Waals surface area contributed by atoms with E-state index in [0.717, 1.165) is 5.56 Å². The van der Waals surface area contributed by atoms with E-state index >= 15 is 0 Å². The highest BCUT2D eigenvalue weighted by atomic mass is 79.9. The van der Waals surface area contributed by atoms with Gasteiger partial charge in [0.05, 0.1) is 11.6 Å². The zero-order chi connectivity index (χ0) is 13.8. The lowest BCUT2D eigenvalue weighted by molar-refractivity contribution is 0.386. The van der Waals surface area contributed by atoms with E-state index < -0.39 is 5.82 Å². The van der Waals surface area contributed by atoms with Crippen LogP contribution in [0, 0.1) is 11.6 Å². The maximum atomic E-state index is 13.5. The van der Waals surface area contributed by atoms with Crippen molar-refractivity contribution >= 4 is 21.6 Å². The van der Waals surface area contributed by atoms with E-state index in [9.17, 15) is 8.78 Å². The van der Waals surface area contributed by atoms with Crippen molar-refractivity contribution < 1.29 is 13.5 Å². The Morgan fingerprint density at radius 2 is 1.89 bits per heavy atom. The third-order valence-corrected chi connectivity index (χ3v) is 3.28. The molecule has 0 aromatic heterocycles. The van der Waals surface area contributed by atoms with Crippen molar-refractivity contribution in [1.82, 2.24) is 0 Å². The van der Waals surface area contributed by atoms with Crippen LogP contribution in [0.4, 0.5) is 14.5 Å². The number of benzene rings is 2. The summed E-state index contributed by atoms with van der Waals surface area (Å²) < 4.78 is 32.0. The molecular weight excluding hydrogens is 316 g/mol. The summed E-state index contributed by atoms with van der Waals surface area (Å²) in [5.74, 6) is -0.548. The molecule has 0 aliphatic heterocycles. The molecule has 0 radical (unpaired) electrons. The monoisotopic (exact) mass is 327 g/mol. The first kappa shape index (κ1) is 13.8. The number of ether oxygens (including phenoxy) is 1. The van der Waals surface area contributed by atoms with Crippen LogP contribution in [0.1, 0.15) is 5.56 Å². The molecule has 5 heteroatoms. The molecule has 0 aliphatic carbocycles. The Kier molecular flexibility index (Phi) is 4.37. The van der Waals surface area contributed by atoms with E-state index in [-0.39, 0.29) is 11.6 Å². The highest BCUT2D eigenvalue weighted by molar-refractivity contribution is 9.10. The fraction of sp³-hybridized carbons (Fsp3) is 0.143. The van der Waals surface area contributed by atoms with Gasteiger partial charge >= 0.3 is 0 Å². The summed E-state index contributed by atoms with van der Waals surface area (Å²) in [7, 11) is 1.42. The van der Waals surface area contributed by atoms with E-state index in [4.69, 9.17) is 4.74 Å². The number of hydrogen-bond donors (Lipinski definition) is 1. The standard InChI is InChI=1S/C14H12BrF2NO/c1-19-14-5-2-9(6-13(14)17)8-18-10-3-4-11(15)12(16)7-10/h2-7,18H,8H2,1H3. The first-order valence-corrected chi connectivity index (χ1v) is 6.41. The predicted octanol–water partition coefficient (Wildman–Crippen LogP) is 4.35. The molecule has 2 aromatic carbocycles. The molecule has 0 saturated carbocycles. The molecule has 0 spiro atoms. The molecular formula is C14H12BrF2NO. The van der Waals surface area contributed by atoms with Crippen molar-refractivity contribution in [1.29, 1.82) is 0 Å². The fourth-order valence-electron chi connectivity index (χ4n) is 1.63. The summed E-state index contributed by atoms with van der Waals surface area (Å²) in [5, 5.41) is 3.03. The summed E-state index contributed by atoms with van der Waals surface area (Å²) in [6.45, 7) is 0.405. The molecule has 0 heterocycles. The molecule has 19 heavy (non-hydrogen) atoms. The maximum absolute atomic E-state index is 13.5. The Balaban J connectivity index is 2.05. The fourth-order valence-corrected chi connectivity index (χ4v) is 1.88. The van der Waals surface area contributed by atoms with Crippen molar-refractivity contribution in [3.05, 3.63) is 58.1 Å². The van der Waals surface area contributed by atoms with E-state index in [2.05, 4.69) is 21.2 Å². The number of nitrogens with one attached hydrogen (secondary N) is 1. The number of anilines is 1. The second-order valence-corrected chi connectivity index (χ2v) is 4.81. The largest absolute Gasteiger partial charge is 0.494 e. The second-order valence-electron chi connectivity index (χ2n) is 3.95. The van der Waals surface area contributed by atoms with E-state index in [1.807, 2.05) is 0 Å². The van der Waals surface area contributed by atoms with Crippen molar-refractivity contribution in [2.75, 3.05) is 12.4 Å². The molecule has 1 N–H and O–H groups in total. The van der Waals surface area contributed by atoms with Crippen LogP contribution in [-0.2, 0) is 6.54 Å². The van der Waals surface area contributed by atoms with Gasteiger partial charge in [0.25, 0.3) is 0 Å². The zero-order valence-corrected chi connectivity index (χ0v) is 11.8. The minimum absolute atomic E-state index is 0.207. The van der Waals surface area contributed by atoms with Crippen LogP contribution in [0.5, 0.6) is 5.75 Å². The number of rotatable bonds is 4. The summed E-state index contributed by atoms with van der Waals surface area (Å²) in [5.41, 5.74) is 1.39. The van der Waals surface area contributed by atoms with Gasteiger partial charge in [-0.15, -0.1) is 0 Å². The van der Waals surface area contributed by atoms with Crippen molar-refractivity contribution in [2.24, 2.45) is 0 Å². The van der Waals surface area contributed by atoms with Crippen molar-refractivity contribution in [3.8, 4) is 5.75 Å². The second kappa shape index (κ2) is 6.02. The van der Waals surface area contributed by atoms with E-state index in [0.29, 0.717) is 16.7 Å². The van der Waals surface area contributed by atoms with Crippen LogP contribution >= 0.6 is 15.9 Å².